The molecule has 4 nitrogen and oxygen atoms in total. The van der Waals surface area contributed by atoms with Crippen LogP contribution in [-0.4, -0.2) is 61.1 Å². The van der Waals surface area contributed by atoms with Crippen LogP contribution in [0.5, 0.6) is 0 Å². The lowest BCUT2D eigenvalue weighted by atomic mass is 10.2. The van der Waals surface area contributed by atoms with Crippen LogP contribution in [0.4, 0.5) is 4.79 Å². The molecule has 0 saturated carbocycles. The SMILES string of the molecule is CCCCN(C)CN(CC)C(=O)N(C)CCC=C(C)C. The van der Waals surface area contributed by atoms with Crippen molar-refractivity contribution in [1.29, 1.82) is 0 Å². The summed E-state index contributed by atoms with van der Waals surface area (Å²) >= 11 is 0. The van der Waals surface area contributed by atoms with Crippen LogP contribution >= 0.6 is 0 Å². The molecule has 0 aromatic carbocycles. The largest absolute Gasteiger partial charge is 0.327 e. The van der Waals surface area contributed by atoms with Crippen LogP contribution in [0, 0.1) is 0 Å². The summed E-state index contributed by atoms with van der Waals surface area (Å²) in [4.78, 5) is 18.3. The number of urea groups is 1. The summed E-state index contributed by atoms with van der Waals surface area (Å²) in [5.41, 5.74) is 1.30. The van der Waals surface area contributed by atoms with E-state index in [0.29, 0.717) is 6.67 Å². The molecule has 0 unspecified atom stereocenters. The van der Waals surface area contributed by atoms with E-state index < -0.39 is 0 Å². The highest BCUT2D eigenvalue weighted by molar-refractivity contribution is 5.74. The smallest absolute Gasteiger partial charge is 0.320 e. The van der Waals surface area contributed by atoms with Crippen molar-refractivity contribution in [2.75, 3.05) is 40.4 Å². The van der Waals surface area contributed by atoms with Crippen molar-refractivity contribution in [1.82, 2.24) is 14.7 Å². The zero-order chi connectivity index (χ0) is 15.5. The molecule has 0 rings (SSSR count). The summed E-state index contributed by atoms with van der Waals surface area (Å²) in [7, 11) is 3.96. The van der Waals surface area contributed by atoms with Crippen molar-refractivity contribution in [2.24, 2.45) is 0 Å². The van der Waals surface area contributed by atoms with Gasteiger partial charge in [0.1, 0.15) is 0 Å². The first kappa shape index (κ1) is 19.0. The molecule has 0 aliphatic rings. The predicted octanol–water partition coefficient (Wildman–Crippen LogP) is 3.41. The quantitative estimate of drug-likeness (QED) is 0.479. The van der Waals surface area contributed by atoms with Gasteiger partial charge in [-0.15, -0.1) is 0 Å². The van der Waals surface area contributed by atoms with E-state index in [-0.39, 0.29) is 6.03 Å². The van der Waals surface area contributed by atoms with Crippen LogP contribution in [-0.2, 0) is 0 Å². The van der Waals surface area contributed by atoms with Crippen LogP contribution < -0.4 is 0 Å². The van der Waals surface area contributed by atoms with Gasteiger partial charge in [0.25, 0.3) is 0 Å². The zero-order valence-electron chi connectivity index (χ0n) is 14.3. The summed E-state index contributed by atoms with van der Waals surface area (Å²) in [6, 6.07) is 0.123. The fourth-order valence-electron chi connectivity index (χ4n) is 1.97. The molecule has 118 valence electrons. The molecule has 0 atom stereocenters. The Kier molecular flexibility index (Phi) is 10.2. The molecule has 0 aliphatic heterocycles. The second-order valence-corrected chi connectivity index (χ2v) is 5.70. The third kappa shape index (κ3) is 8.20. The summed E-state index contributed by atoms with van der Waals surface area (Å²) < 4.78 is 0. The number of unbranched alkanes of at least 4 members (excludes halogenated alkanes) is 1. The lowest BCUT2D eigenvalue weighted by Crippen LogP contribution is -2.46. The van der Waals surface area contributed by atoms with E-state index in [9.17, 15) is 4.79 Å². The van der Waals surface area contributed by atoms with Crippen LogP contribution in [0.3, 0.4) is 0 Å². The summed E-state index contributed by atoms with van der Waals surface area (Å²) in [5.74, 6) is 0. The number of carbonyl (C=O) groups is 1. The number of amides is 2. The van der Waals surface area contributed by atoms with Gasteiger partial charge in [-0.2, -0.15) is 0 Å². The highest BCUT2D eigenvalue weighted by atomic mass is 16.2. The molecule has 0 N–H and O–H groups in total. The van der Waals surface area contributed by atoms with Crippen LogP contribution in [0.15, 0.2) is 11.6 Å². The Hall–Kier alpha value is -1.03. The summed E-state index contributed by atoms with van der Waals surface area (Å²) in [6.45, 7) is 11.7. The Bertz CT molecular complexity index is 298. The van der Waals surface area contributed by atoms with Gasteiger partial charge in [0.05, 0.1) is 6.67 Å². The van der Waals surface area contributed by atoms with Crippen molar-refractivity contribution in [2.45, 2.75) is 47.0 Å². The van der Waals surface area contributed by atoms with Gasteiger partial charge in [0, 0.05) is 20.1 Å². The highest BCUT2D eigenvalue weighted by Crippen LogP contribution is 2.02. The Morgan fingerprint density at radius 2 is 1.75 bits per heavy atom. The van der Waals surface area contributed by atoms with E-state index in [4.69, 9.17) is 0 Å². The molecular formula is C16H33N3O. The van der Waals surface area contributed by atoms with Gasteiger partial charge >= 0.3 is 6.03 Å². The maximum atomic E-state index is 12.4. The molecule has 0 radical (unpaired) electrons. The molecule has 0 aromatic heterocycles. The van der Waals surface area contributed by atoms with E-state index in [2.05, 4.69) is 38.8 Å². The van der Waals surface area contributed by atoms with Crippen molar-refractivity contribution >= 4 is 6.03 Å². The van der Waals surface area contributed by atoms with Gasteiger partial charge in [-0.3, -0.25) is 4.90 Å². The van der Waals surface area contributed by atoms with Gasteiger partial charge in [-0.1, -0.05) is 25.0 Å². The average Bonchev–Trinajstić information content (AvgIpc) is 2.41. The molecule has 2 amide bonds. The normalized spacial score (nSPS) is 10.6. The number of nitrogens with zero attached hydrogens (tertiary/aromatic N) is 3. The molecule has 0 fully saturated rings. The molecule has 0 bridgehead atoms. The van der Waals surface area contributed by atoms with Crippen molar-refractivity contribution in [3.05, 3.63) is 11.6 Å². The molecule has 4 heteroatoms. The molecular weight excluding hydrogens is 250 g/mol. The third-order valence-electron chi connectivity index (χ3n) is 3.30. The monoisotopic (exact) mass is 283 g/mol. The molecule has 0 spiro atoms. The minimum atomic E-state index is 0.123. The first-order chi connectivity index (χ1) is 9.42. The van der Waals surface area contributed by atoms with Gasteiger partial charge < -0.3 is 9.80 Å². The van der Waals surface area contributed by atoms with E-state index in [1.807, 2.05) is 23.8 Å². The van der Waals surface area contributed by atoms with Crippen molar-refractivity contribution in [3.63, 3.8) is 0 Å². The third-order valence-corrected chi connectivity index (χ3v) is 3.30. The Labute approximate surface area is 125 Å². The Morgan fingerprint density at radius 1 is 1.10 bits per heavy atom. The number of rotatable bonds is 9. The van der Waals surface area contributed by atoms with Crippen LogP contribution in [0.1, 0.15) is 47.0 Å². The zero-order valence-corrected chi connectivity index (χ0v) is 14.3. The predicted molar refractivity (Wildman–Crippen MR) is 86.9 cm³/mol. The number of hydrogen-bond donors (Lipinski definition) is 0. The van der Waals surface area contributed by atoms with Gasteiger partial charge in [-0.05, 0) is 47.2 Å². The molecule has 0 aliphatic carbocycles. The number of allylic oxidation sites excluding steroid dienone is 1. The van der Waals surface area contributed by atoms with Gasteiger partial charge in [-0.25, -0.2) is 4.79 Å². The lowest BCUT2D eigenvalue weighted by molar-refractivity contribution is 0.131. The Balaban J connectivity index is 4.27. The second-order valence-electron chi connectivity index (χ2n) is 5.70. The van der Waals surface area contributed by atoms with Gasteiger partial charge in [0.2, 0.25) is 0 Å². The maximum absolute atomic E-state index is 12.4. The van der Waals surface area contributed by atoms with E-state index >= 15 is 0 Å². The minimum Gasteiger partial charge on any atom is -0.327 e. The van der Waals surface area contributed by atoms with Crippen molar-refractivity contribution in [3.8, 4) is 0 Å². The van der Waals surface area contributed by atoms with E-state index in [0.717, 1.165) is 26.1 Å². The standard InChI is InChI=1S/C16H33N3O/c1-7-9-12-17(5)14-19(8-2)16(20)18(6)13-10-11-15(3)4/h11H,7-10,12-14H2,1-6H3. The topological polar surface area (TPSA) is 26.8 Å². The lowest BCUT2D eigenvalue weighted by Gasteiger charge is -2.30. The molecule has 20 heavy (non-hydrogen) atoms. The first-order valence-corrected chi connectivity index (χ1v) is 7.74. The second kappa shape index (κ2) is 10.7. The number of carbonyl (C=O) groups excluding carboxylic acids is 1. The van der Waals surface area contributed by atoms with Crippen LogP contribution in [0.2, 0.25) is 0 Å². The fraction of sp³-hybridized carbons (Fsp3) is 0.812. The highest BCUT2D eigenvalue weighted by Gasteiger charge is 2.17. The molecule has 0 aromatic rings. The number of hydrogen-bond acceptors (Lipinski definition) is 2. The van der Waals surface area contributed by atoms with E-state index in [1.54, 1.807) is 0 Å². The summed E-state index contributed by atoms with van der Waals surface area (Å²) in [6.07, 6.45) is 5.47. The van der Waals surface area contributed by atoms with E-state index in [1.165, 1.54) is 18.4 Å². The minimum absolute atomic E-state index is 0.123. The van der Waals surface area contributed by atoms with Crippen LogP contribution in [0.25, 0.3) is 0 Å². The first-order valence-electron chi connectivity index (χ1n) is 7.74. The van der Waals surface area contributed by atoms with Gasteiger partial charge in [0.15, 0.2) is 0 Å². The fourth-order valence-corrected chi connectivity index (χ4v) is 1.97. The molecule has 0 heterocycles. The maximum Gasteiger partial charge on any atom is 0.320 e. The Morgan fingerprint density at radius 3 is 2.25 bits per heavy atom. The average molecular weight is 283 g/mol. The van der Waals surface area contributed by atoms with Crippen molar-refractivity contribution < 1.29 is 4.79 Å². The molecule has 0 saturated heterocycles. The summed E-state index contributed by atoms with van der Waals surface area (Å²) in [5, 5.41) is 0.